The maximum atomic E-state index is 11.7. The summed E-state index contributed by atoms with van der Waals surface area (Å²) in [5, 5.41) is 5.05. The summed E-state index contributed by atoms with van der Waals surface area (Å²) in [5.41, 5.74) is 0.864. The molecule has 16 heavy (non-hydrogen) atoms. The molecule has 0 aliphatic rings. The third kappa shape index (κ3) is 3.63. The van der Waals surface area contributed by atoms with Crippen molar-refractivity contribution in [3.63, 3.8) is 0 Å². The lowest BCUT2D eigenvalue weighted by atomic mass is 10.3. The number of hydrogen-bond donors (Lipinski definition) is 0. The molecule has 0 aromatic carbocycles. The molecule has 0 bridgehead atoms. The predicted molar refractivity (Wildman–Crippen MR) is 70.5 cm³/mol. The van der Waals surface area contributed by atoms with Gasteiger partial charge in [0.2, 0.25) is 0 Å². The van der Waals surface area contributed by atoms with Gasteiger partial charge in [0.25, 0.3) is 5.56 Å². The minimum Gasteiger partial charge on any atom is -0.373 e. The smallest absolute Gasteiger partial charge is 0.268 e. The number of alkyl halides is 1. The molecule has 1 aromatic heterocycles. The van der Waals surface area contributed by atoms with Crippen LogP contribution in [0.3, 0.4) is 0 Å². The molecule has 1 heterocycles. The lowest BCUT2D eigenvalue weighted by molar-refractivity contribution is 0.571. The van der Waals surface area contributed by atoms with E-state index in [-0.39, 0.29) is 5.56 Å². The van der Waals surface area contributed by atoms with E-state index in [0.717, 1.165) is 30.4 Å². The first-order valence-electron chi connectivity index (χ1n) is 5.53. The summed E-state index contributed by atoms with van der Waals surface area (Å²) in [7, 11) is 1.97. The summed E-state index contributed by atoms with van der Waals surface area (Å²) in [6.07, 6.45) is 3.73. The Balaban J connectivity index is 2.78. The Hall–Kier alpha value is -0.840. The van der Waals surface area contributed by atoms with Gasteiger partial charge in [-0.2, -0.15) is 5.10 Å². The van der Waals surface area contributed by atoms with E-state index in [1.807, 2.05) is 11.9 Å². The zero-order valence-electron chi connectivity index (χ0n) is 9.82. The van der Waals surface area contributed by atoms with Crippen LogP contribution >= 0.6 is 15.9 Å². The minimum atomic E-state index is -0.0265. The SMILES string of the molecule is CCCN(C)c1cnn(CCCBr)c(=O)c1. The Morgan fingerprint density at radius 3 is 2.88 bits per heavy atom. The van der Waals surface area contributed by atoms with Gasteiger partial charge in [0.15, 0.2) is 0 Å². The first kappa shape index (κ1) is 13.2. The van der Waals surface area contributed by atoms with Gasteiger partial charge < -0.3 is 4.90 Å². The van der Waals surface area contributed by atoms with Gasteiger partial charge in [0.05, 0.1) is 11.9 Å². The largest absolute Gasteiger partial charge is 0.373 e. The molecule has 4 nitrogen and oxygen atoms in total. The molecular formula is C11H18BrN3O. The highest BCUT2D eigenvalue weighted by molar-refractivity contribution is 9.09. The quantitative estimate of drug-likeness (QED) is 0.750. The number of aromatic nitrogens is 2. The fourth-order valence-corrected chi connectivity index (χ4v) is 1.73. The molecule has 1 aromatic rings. The van der Waals surface area contributed by atoms with Gasteiger partial charge in [0.1, 0.15) is 0 Å². The van der Waals surface area contributed by atoms with Crippen molar-refractivity contribution in [2.24, 2.45) is 0 Å². The molecule has 0 unspecified atom stereocenters. The second kappa shape index (κ2) is 6.68. The molecule has 0 radical (unpaired) electrons. The van der Waals surface area contributed by atoms with Crippen molar-refractivity contribution in [2.75, 3.05) is 23.8 Å². The van der Waals surface area contributed by atoms with E-state index < -0.39 is 0 Å². The van der Waals surface area contributed by atoms with E-state index >= 15 is 0 Å². The number of hydrogen-bond acceptors (Lipinski definition) is 3. The van der Waals surface area contributed by atoms with Crippen LogP contribution in [0.4, 0.5) is 5.69 Å². The van der Waals surface area contributed by atoms with Crippen LogP contribution in [0, 0.1) is 0 Å². The first-order chi connectivity index (χ1) is 7.69. The molecule has 0 fully saturated rings. The van der Waals surface area contributed by atoms with Crippen molar-refractivity contribution >= 4 is 21.6 Å². The molecule has 0 aliphatic heterocycles. The molecule has 90 valence electrons. The van der Waals surface area contributed by atoms with Gasteiger partial charge in [-0.25, -0.2) is 4.68 Å². The number of aryl methyl sites for hydroxylation is 1. The molecule has 5 heteroatoms. The van der Waals surface area contributed by atoms with Crippen LogP contribution in [0.5, 0.6) is 0 Å². The monoisotopic (exact) mass is 287 g/mol. The Kier molecular flexibility index (Phi) is 5.52. The molecule has 1 rings (SSSR count). The van der Waals surface area contributed by atoms with E-state index in [9.17, 15) is 4.79 Å². The van der Waals surface area contributed by atoms with E-state index in [2.05, 4.69) is 28.0 Å². The van der Waals surface area contributed by atoms with Crippen LogP contribution in [0.25, 0.3) is 0 Å². The van der Waals surface area contributed by atoms with Gasteiger partial charge in [-0.3, -0.25) is 4.79 Å². The third-order valence-corrected chi connectivity index (χ3v) is 2.92. The fourth-order valence-electron chi connectivity index (χ4n) is 1.47. The number of anilines is 1. The van der Waals surface area contributed by atoms with Crippen molar-refractivity contribution in [2.45, 2.75) is 26.3 Å². The molecule has 0 saturated heterocycles. The Bertz CT molecular complexity index is 378. The predicted octanol–water partition coefficient (Wildman–Crippen LogP) is 1.87. The second-order valence-corrected chi connectivity index (χ2v) is 4.53. The second-order valence-electron chi connectivity index (χ2n) is 3.74. The molecule has 0 atom stereocenters. The van der Waals surface area contributed by atoms with Crippen molar-refractivity contribution in [1.82, 2.24) is 9.78 Å². The zero-order chi connectivity index (χ0) is 12.0. The topological polar surface area (TPSA) is 38.1 Å². The van der Waals surface area contributed by atoms with Crippen LogP contribution < -0.4 is 10.5 Å². The van der Waals surface area contributed by atoms with Crippen LogP contribution in [0.15, 0.2) is 17.1 Å². The third-order valence-electron chi connectivity index (χ3n) is 2.36. The molecule has 0 aliphatic carbocycles. The first-order valence-corrected chi connectivity index (χ1v) is 6.65. The average molecular weight is 288 g/mol. The van der Waals surface area contributed by atoms with Gasteiger partial charge >= 0.3 is 0 Å². The van der Waals surface area contributed by atoms with Crippen molar-refractivity contribution < 1.29 is 0 Å². The standard InChI is InChI=1S/C11H18BrN3O/c1-3-6-14(2)10-8-11(16)15(13-9-10)7-4-5-12/h8-9H,3-7H2,1-2H3. The lowest BCUT2D eigenvalue weighted by Gasteiger charge is -2.17. The molecule has 0 spiro atoms. The minimum absolute atomic E-state index is 0.0265. The van der Waals surface area contributed by atoms with Gasteiger partial charge in [-0.15, -0.1) is 0 Å². The number of halogens is 1. The highest BCUT2D eigenvalue weighted by Crippen LogP contribution is 2.07. The average Bonchev–Trinajstić information content (AvgIpc) is 2.27. The maximum absolute atomic E-state index is 11.7. The summed E-state index contributed by atoms with van der Waals surface area (Å²) in [4.78, 5) is 13.8. The highest BCUT2D eigenvalue weighted by atomic mass is 79.9. The molecule has 0 amide bonds. The summed E-state index contributed by atoms with van der Waals surface area (Å²) in [6, 6.07) is 1.65. The van der Waals surface area contributed by atoms with Crippen LogP contribution in [0.2, 0.25) is 0 Å². The fraction of sp³-hybridized carbons (Fsp3) is 0.636. The van der Waals surface area contributed by atoms with Crippen LogP contribution in [-0.4, -0.2) is 28.7 Å². The number of rotatable bonds is 6. The highest BCUT2D eigenvalue weighted by Gasteiger charge is 2.03. The van der Waals surface area contributed by atoms with Crippen molar-refractivity contribution in [3.05, 3.63) is 22.6 Å². The summed E-state index contributed by atoms with van der Waals surface area (Å²) < 4.78 is 1.50. The molecule has 0 saturated carbocycles. The summed E-state index contributed by atoms with van der Waals surface area (Å²) >= 11 is 3.34. The van der Waals surface area contributed by atoms with E-state index in [0.29, 0.717) is 6.54 Å². The summed E-state index contributed by atoms with van der Waals surface area (Å²) in [5.74, 6) is 0. The molecule has 0 N–H and O–H groups in total. The Labute approximate surface area is 104 Å². The van der Waals surface area contributed by atoms with E-state index in [1.165, 1.54) is 4.68 Å². The van der Waals surface area contributed by atoms with Crippen molar-refractivity contribution in [3.8, 4) is 0 Å². The Morgan fingerprint density at radius 1 is 1.56 bits per heavy atom. The van der Waals surface area contributed by atoms with Crippen molar-refractivity contribution in [1.29, 1.82) is 0 Å². The van der Waals surface area contributed by atoms with Gasteiger partial charge in [-0.1, -0.05) is 22.9 Å². The lowest BCUT2D eigenvalue weighted by Crippen LogP contribution is -2.26. The van der Waals surface area contributed by atoms with Crippen LogP contribution in [-0.2, 0) is 6.54 Å². The Morgan fingerprint density at radius 2 is 2.31 bits per heavy atom. The number of nitrogens with zero attached hydrogens (tertiary/aromatic N) is 3. The van der Waals surface area contributed by atoms with Gasteiger partial charge in [0, 0.05) is 31.5 Å². The van der Waals surface area contributed by atoms with E-state index in [1.54, 1.807) is 12.3 Å². The van der Waals surface area contributed by atoms with Gasteiger partial charge in [-0.05, 0) is 12.8 Å². The van der Waals surface area contributed by atoms with Crippen LogP contribution in [0.1, 0.15) is 19.8 Å². The normalized spacial score (nSPS) is 10.4. The van der Waals surface area contributed by atoms with E-state index in [4.69, 9.17) is 0 Å². The maximum Gasteiger partial charge on any atom is 0.268 e. The molecular weight excluding hydrogens is 270 g/mol. The summed E-state index contributed by atoms with van der Waals surface area (Å²) in [6.45, 7) is 3.72. The zero-order valence-corrected chi connectivity index (χ0v) is 11.4.